The lowest BCUT2D eigenvalue weighted by molar-refractivity contribution is 0.0876. The van der Waals surface area contributed by atoms with Crippen molar-refractivity contribution in [2.45, 2.75) is 19.3 Å². The van der Waals surface area contributed by atoms with Crippen molar-refractivity contribution in [1.82, 2.24) is 10.2 Å². The van der Waals surface area contributed by atoms with E-state index < -0.39 is 0 Å². The van der Waals surface area contributed by atoms with Crippen LogP contribution in [-0.4, -0.2) is 51.3 Å². The molecule has 0 unspecified atom stereocenters. The zero-order valence-electron chi connectivity index (χ0n) is 9.63. The van der Waals surface area contributed by atoms with Crippen LogP contribution in [0.4, 0.5) is 0 Å². The SMILES string of the molecule is COCCN1CCC2(CCNC2)CC1.Cl. The summed E-state index contributed by atoms with van der Waals surface area (Å²) in [7, 11) is 1.78. The largest absolute Gasteiger partial charge is 0.383 e. The molecule has 2 aliphatic heterocycles. The van der Waals surface area contributed by atoms with Crippen LogP contribution in [-0.2, 0) is 4.74 Å². The van der Waals surface area contributed by atoms with Crippen LogP contribution < -0.4 is 5.32 Å². The van der Waals surface area contributed by atoms with Gasteiger partial charge in [0.05, 0.1) is 6.61 Å². The molecule has 0 aliphatic carbocycles. The van der Waals surface area contributed by atoms with Gasteiger partial charge in [-0.2, -0.15) is 0 Å². The Balaban J connectivity index is 0.00000112. The van der Waals surface area contributed by atoms with Gasteiger partial charge in [-0.15, -0.1) is 12.4 Å². The average Bonchev–Trinajstić information content (AvgIpc) is 2.66. The van der Waals surface area contributed by atoms with E-state index in [9.17, 15) is 0 Å². The van der Waals surface area contributed by atoms with Crippen molar-refractivity contribution in [3.05, 3.63) is 0 Å². The van der Waals surface area contributed by atoms with Gasteiger partial charge in [0.25, 0.3) is 0 Å². The molecule has 0 aromatic heterocycles. The van der Waals surface area contributed by atoms with E-state index in [1.165, 1.54) is 45.4 Å². The number of halogens is 1. The first-order valence-corrected chi connectivity index (χ1v) is 5.77. The number of hydrogen-bond donors (Lipinski definition) is 1. The van der Waals surface area contributed by atoms with Crippen LogP contribution in [0.25, 0.3) is 0 Å². The molecule has 0 aromatic rings. The average molecular weight is 235 g/mol. The van der Waals surface area contributed by atoms with E-state index in [-0.39, 0.29) is 12.4 Å². The van der Waals surface area contributed by atoms with Gasteiger partial charge < -0.3 is 15.0 Å². The second-order valence-corrected chi connectivity index (χ2v) is 4.76. The molecule has 4 heteroatoms. The van der Waals surface area contributed by atoms with Crippen molar-refractivity contribution in [2.24, 2.45) is 5.41 Å². The molecule has 2 heterocycles. The molecule has 0 radical (unpaired) electrons. The second-order valence-electron chi connectivity index (χ2n) is 4.76. The van der Waals surface area contributed by atoms with Gasteiger partial charge in [-0.05, 0) is 44.3 Å². The summed E-state index contributed by atoms with van der Waals surface area (Å²) < 4.78 is 5.11. The Labute approximate surface area is 99.0 Å². The highest BCUT2D eigenvalue weighted by molar-refractivity contribution is 5.85. The molecule has 2 fully saturated rings. The maximum absolute atomic E-state index is 5.11. The van der Waals surface area contributed by atoms with Crippen molar-refractivity contribution in [1.29, 1.82) is 0 Å². The number of rotatable bonds is 3. The molecule has 90 valence electrons. The second kappa shape index (κ2) is 6.04. The monoisotopic (exact) mass is 234 g/mol. The first kappa shape index (κ1) is 13.2. The molecule has 3 nitrogen and oxygen atoms in total. The van der Waals surface area contributed by atoms with Crippen LogP contribution in [0.3, 0.4) is 0 Å². The smallest absolute Gasteiger partial charge is 0.0589 e. The van der Waals surface area contributed by atoms with Crippen LogP contribution >= 0.6 is 12.4 Å². The van der Waals surface area contributed by atoms with E-state index >= 15 is 0 Å². The predicted octanol–water partition coefficient (Wildman–Crippen LogP) is 1.13. The van der Waals surface area contributed by atoms with Crippen molar-refractivity contribution >= 4 is 12.4 Å². The minimum absolute atomic E-state index is 0. The number of nitrogens with zero attached hydrogens (tertiary/aromatic N) is 1. The normalized spacial score (nSPS) is 25.4. The Morgan fingerprint density at radius 1 is 1.27 bits per heavy atom. The molecule has 1 N–H and O–H groups in total. The van der Waals surface area contributed by atoms with Crippen molar-refractivity contribution < 1.29 is 4.74 Å². The maximum atomic E-state index is 5.11. The standard InChI is InChI=1S/C11H22N2O.ClH/c1-14-9-8-13-6-3-11(4-7-13)2-5-12-10-11;/h12H,2-10H2,1H3;1H. The van der Waals surface area contributed by atoms with Crippen LogP contribution in [0.1, 0.15) is 19.3 Å². The Bertz CT molecular complexity index is 173. The molecule has 1 spiro atoms. The summed E-state index contributed by atoms with van der Waals surface area (Å²) in [4.78, 5) is 2.53. The Morgan fingerprint density at radius 2 is 2.00 bits per heavy atom. The van der Waals surface area contributed by atoms with Gasteiger partial charge >= 0.3 is 0 Å². The van der Waals surface area contributed by atoms with Crippen molar-refractivity contribution in [2.75, 3.05) is 46.4 Å². The van der Waals surface area contributed by atoms with E-state index in [0.29, 0.717) is 5.41 Å². The van der Waals surface area contributed by atoms with Gasteiger partial charge in [0, 0.05) is 20.2 Å². The molecule has 0 aromatic carbocycles. The summed E-state index contributed by atoms with van der Waals surface area (Å²) in [6.45, 7) is 7.02. The third-order valence-corrected chi connectivity index (χ3v) is 3.86. The lowest BCUT2D eigenvalue weighted by Gasteiger charge is -2.38. The molecular weight excluding hydrogens is 212 g/mol. The number of likely N-dealkylation sites (tertiary alicyclic amines) is 1. The fraction of sp³-hybridized carbons (Fsp3) is 1.00. The highest BCUT2D eigenvalue weighted by Gasteiger charge is 2.36. The third-order valence-electron chi connectivity index (χ3n) is 3.86. The topological polar surface area (TPSA) is 24.5 Å². The van der Waals surface area contributed by atoms with Crippen LogP contribution in [0, 0.1) is 5.41 Å². The Hall–Kier alpha value is 0.170. The molecule has 2 saturated heterocycles. The molecule has 0 amide bonds. The highest BCUT2D eigenvalue weighted by atomic mass is 35.5. The van der Waals surface area contributed by atoms with E-state index in [1.54, 1.807) is 7.11 Å². The summed E-state index contributed by atoms with van der Waals surface area (Å²) in [5, 5.41) is 3.50. The number of ether oxygens (including phenoxy) is 1. The molecule has 2 aliphatic rings. The quantitative estimate of drug-likeness (QED) is 0.793. The third kappa shape index (κ3) is 3.31. The Kier molecular flexibility index (Phi) is 5.33. The van der Waals surface area contributed by atoms with Crippen LogP contribution in [0.5, 0.6) is 0 Å². The van der Waals surface area contributed by atoms with Crippen molar-refractivity contribution in [3.63, 3.8) is 0 Å². The first-order chi connectivity index (χ1) is 6.85. The van der Waals surface area contributed by atoms with E-state index in [2.05, 4.69) is 10.2 Å². The van der Waals surface area contributed by atoms with Gasteiger partial charge in [0.1, 0.15) is 0 Å². The number of hydrogen-bond acceptors (Lipinski definition) is 3. The van der Waals surface area contributed by atoms with Gasteiger partial charge in [0.2, 0.25) is 0 Å². The van der Waals surface area contributed by atoms with Gasteiger partial charge in [-0.1, -0.05) is 0 Å². The molecule has 0 atom stereocenters. The first-order valence-electron chi connectivity index (χ1n) is 5.77. The molecule has 0 saturated carbocycles. The number of methoxy groups -OCH3 is 1. The molecule has 0 bridgehead atoms. The number of piperidine rings is 1. The number of nitrogens with one attached hydrogen (secondary N) is 1. The fourth-order valence-electron chi connectivity index (χ4n) is 2.69. The summed E-state index contributed by atoms with van der Waals surface area (Å²) in [6, 6.07) is 0. The Morgan fingerprint density at radius 3 is 2.53 bits per heavy atom. The molecule has 15 heavy (non-hydrogen) atoms. The van der Waals surface area contributed by atoms with E-state index in [0.717, 1.165) is 13.2 Å². The van der Waals surface area contributed by atoms with Gasteiger partial charge in [-0.3, -0.25) is 0 Å². The van der Waals surface area contributed by atoms with Gasteiger partial charge in [-0.25, -0.2) is 0 Å². The summed E-state index contributed by atoms with van der Waals surface area (Å²) in [5.74, 6) is 0. The summed E-state index contributed by atoms with van der Waals surface area (Å²) in [5.41, 5.74) is 0.656. The van der Waals surface area contributed by atoms with E-state index in [4.69, 9.17) is 4.74 Å². The van der Waals surface area contributed by atoms with E-state index in [1.807, 2.05) is 0 Å². The minimum Gasteiger partial charge on any atom is -0.383 e. The van der Waals surface area contributed by atoms with Crippen LogP contribution in [0.2, 0.25) is 0 Å². The van der Waals surface area contributed by atoms with Crippen LogP contribution in [0.15, 0.2) is 0 Å². The highest BCUT2D eigenvalue weighted by Crippen LogP contribution is 2.36. The predicted molar refractivity (Wildman–Crippen MR) is 64.7 cm³/mol. The summed E-state index contributed by atoms with van der Waals surface area (Å²) >= 11 is 0. The van der Waals surface area contributed by atoms with Crippen molar-refractivity contribution in [3.8, 4) is 0 Å². The zero-order chi connectivity index (χ0) is 9.86. The lowest BCUT2D eigenvalue weighted by atomic mass is 9.78. The maximum Gasteiger partial charge on any atom is 0.0589 e. The molecular formula is C11H23ClN2O. The zero-order valence-corrected chi connectivity index (χ0v) is 10.4. The van der Waals surface area contributed by atoms with Gasteiger partial charge in [0.15, 0.2) is 0 Å². The fourth-order valence-corrected chi connectivity index (χ4v) is 2.69. The minimum atomic E-state index is 0. The molecule has 2 rings (SSSR count). The summed E-state index contributed by atoms with van der Waals surface area (Å²) in [6.07, 6.45) is 4.15. The lowest BCUT2D eigenvalue weighted by Crippen LogP contribution is -2.42.